The molecule has 2 unspecified atom stereocenters. The van der Waals surface area contributed by atoms with Crippen molar-refractivity contribution in [2.75, 3.05) is 13.7 Å². The summed E-state index contributed by atoms with van der Waals surface area (Å²) in [4.78, 5) is 53.1. The van der Waals surface area contributed by atoms with Crippen LogP contribution in [0.15, 0.2) is 24.3 Å². The first kappa shape index (κ1) is 29.7. The van der Waals surface area contributed by atoms with Crippen LogP contribution >= 0.6 is 0 Å². The van der Waals surface area contributed by atoms with Gasteiger partial charge in [0.15, 0.2) is 17.7 Å². The maximum atomic E-state index is 13.6. The summed E-state index contributed by atoms with van der Waals surface area (Å²) < 4.78 is 5.21. The fourth-order valence-electron chi connectivity index (χ4n) is 5.08. The monoisotopic (exact) mass is 533 g/mol. The number of likely N-dealkylation sites (tertiary alicyclic amines) is 1. The molecular weight excluding hydrogens is 494 g/mol. The van der Waals surface area contributed by atoms with Crippen molar-refractivity contribution in [1.82, 2.24) is 15.5 Å². The summed E-state index contributed by atoms with van der Waals surface area (Å²) in [5, 5.41) is 25.4. The number of nitrogens with one attached hydrogen (secondary N) is 2. The second kappa shape index (κ2) is 11.9. The molecule has 2 saturated heterocycles. The van der Waals surface area contributed by atoms with Crippen molar-refractivity contribution in [3.8, 4) is 5.75 Å². The van der Waals surface area contributed by atoms with Crippen LogP contribution in [0.2, 0.25) is 0 Å². The Balaban J connectivity index is 1.86. The van der Waals surface area contributed by atoms with Gasteiger partial charge in [0, 0.05) is 6.54 Å². The predicted molar refractivity (Wildman–Crippen MR) is 138 cm³/mol. The molecule has 0 saturated carbocycles. The molecule has 2 aliphatic rings. The van der Waals surface area contributed by atoms with Crippen LogP contribution in [-0.2, 0) is 25.6 Å². The van der Waals surface area contributed by atoms with E-state index in [4.69, 9.17) is 16.2 Å². The molecule has 12 heteroatoms. The van der Waals surface area contributed by atoms with Crippen LogP contribution in [0.3, 0.4) is 0 Å². The second-order valence-electron chi connectivity index (χ2n) is 10.4. The fourth-order valence-corrected chi connectivity index (χ4v) is 5.08. The number of Topliss-reactive ketones (excluding diaryl/α,β-unsaturated/α-hetero) is 1. The number of ether oxygens (including phenoxy) is 1. The zero-order valence-electron chi connectivity index (χ0n) is 22.1. The summed E-state index contributed by atoms with van der Waals surface area (Å²) in [5.74, 6) is -0.735. The number of hydrogen-bond donors (Lipinski definition) is 6. The van der Waals surface area contributed by atoms with E-state index in [1.807, 2.05) is 0 Å². The van der Waals surface area contributed by atoms with E-state index in [1.54, 1.807) is 31.4 Å². The van der Waals surface area contributed by atoms with Crippen LogP contribution in [0.4, 0.5) is 0 Å². The predicted octanol–water partition coefficient (Wildman–Crippen LogP) is -1.65. The smallest absolute Gasteiger partial charge is 0.242 e. The molecule has 38 heavy (non-hydrogen) atoms. The minimum absolute atomic E-state index is 0.168. The average Bonchev–Trinajstić information content (AvgIpc) is 3.56. The van der Waals surface area contributed by atoms with Gasteiger partial charge in [0.25, 0.3) is 0 Å². The Morgan fingerprint density at radius 3 is 2.47 bits per heavy atom. The molecule has 8 N–H and O–H groups in total. The highest BCUT2D eigenvalue weighted by Crippen LogP contribution is 2.32. The molecule has 2 heterocycles. The Labute approximate surface area is 222 Å². The molecular formula is C26H39N5O7. The first-order chi connectivity index (χ1) is 17.9. The van der Waals surface area contributed by atoms with Crippen LogP contribution in [0, 0.1) is 0 Å². The quantitative estimate of drug-likeness (QED) is 0.141. The molecule has 2 amide bonds. The SMILES string of the molecule is COc1ccc(C[C@]2(C(=O)N[C@](N)(C=O)[C@@H](C)O)CCC(C(=O)C3CCCN3C(=O)[C@@H](N)[C@@H](C)O)N2)cc1. The van der Waals surface area contributed by atoms with Crippen LogP contribution < -0.4 is 26.8 Å². The van der Waals surface area contributed by atoms with E-state index in [1.165, 1.54) is 18.7 Å². The van der Waals surface area contributed by atoms with E-state index >= 15 is 0 Å². The number of aliphatic hydroxyl groups excluding tert-OH is 2. The van der Waals surface area contributed by atoms with Gasteiger partial charge < -0.3 is 36.6 Å². The van der Waals surface area contributed by atoms with Gasteiger partial charge in [-0.05, 0) is 63.6 Å². The van der Waals surface area contributed by atoms with Gasteiger partial charge in [-0.1, -0.05) is 12.1 Å². The molecule has 0 bridgehead atoms. The van der Waals surface area contributed by atoms with Crippen molar-refractivity contribution in [3.63, 3.8) is 0 Å². The minimum Gasteiger partial charge on any atom is -0.497 e. The Bertz CT molecular complexity index is 1030. The summed E-state index contributed by atoms with van der Waals surface area (Å²) in [6.07, 6.45) is -0.373. The molecule has 3 rings (SSSR count). The van der Waals surface area contributed by atoms with Crippen molar-refractivity contribution in [1.29, 1.82) is 0 Å². The summed E-state index contributed by atoms with van der Waals surface area (Å²) >= 11 is 0. The summed E-state index contributed by atoms with van der Waals surface area (Å²) in [6, 6.07) is 4.47. The maximum absolute atomic E-state index is 13.6. The lowest BCUT2D eigenvalue weighted by Crippen LogP contribution is -2.69. The number of methoxy groups -OCH3 is 1. The Hall–Kier alpha value is -2.90. The first-order valence-electron chi connectivity index (χ1n) is 12.8. The van der Waals surface area contributed by atoms with E-state index < -0.39 is 53.3 Å². The molecule has 1 aromatic carbocycles. The summed E-state index contributed by atoms with van der Waals surface area (Å²) in [6.45, 7) is 3.07. The van der Waals surface area contributed by atoms with E-state index in [2.05, 4.69) is 10.6 Å². The number of rotatable bonds is 11. The zero-order valence-corrected chi connectivity index (χ0v) is 22.1. The van der Waals surface area contributed by atoms with E-state index in [0.29, 0.717) is 31.6 Å². The number of benzene rings is 1. The Kier molecular flexibility index (Phi) is 9.26. The highest BCUT2D eigenvalue weighted by Gasteiger charge is 2.51. The lowest BCUT2D eigenvalue weighted by atomic mass is 9.87. The topological polar surface area (TPSA) is 197 Å². The van der Waals surface area contributed by atoms with Gasteiger partial charge >= 0.3 is 0 Å². The molecule has 210 valence electrons. The molecule has 1 aromatic rings. The summed E-state index contributed by atoms with van der Waals surface area (Å²) in [5.41, 5.74) is 9.25. The third-order valence-electron chi connectivity index (χ3n) is 7.64. The number of ketones is 1. The molecule has 0 radical (unpaired) electrons. The zero-order chi connectivity index (χ0) is 28.3. The Morgan fingerprint density at radius 2 is 1.92 bits per heavy atom. The number of carbonyl (C=O) groups is 4. The molecule has 0 aliphatic carbocycles. The first-order valence-corrected chi connectivity index (χ1v) is 12.8. The van der Waals surface area contributed by atoms with E-state index in [9.17, 15) is 29.4 Å². The van der Waals surface area contributed by atoms with Crippen molar-refractivity contribution in [3.05, 3.63) is 29.8 Å². The number of amides is 2. The number of aldehydes is 1. The molecule has 0 spiro atoms. The molecule has 0 aromatic heterocycles. The average molecular weight is 534 g/mol. The Morgan fingerprint density at radius 1 is 1.26 bits per heavy atom. The second-order valence-corrected chi connectivity index (χ2v) is 10.4. The summed E-state index contributed by atoms with van der Waals surface area (Å²) in [7, 11) is 1.54. The normalized spacial score (nSPS) is 27.2. The van der Waals surface area contributed by atoms with Gasteiger partial charge in [0.2, 0.25) is 11.8 Å². The lowest BCUT2D eigenvalue weighted by Gasteiger charge is -2.35. The van der Waals surface area contributed by atoms with Gasteiger partial charge in [-0.25, -0.2) is 0 Å². The van der Waals surface area contributed by atoms with E-state index in [-0.39, 0.29) is 24.9 Å². The molecule has 2 fully saturated rings. The third kappa shape index (κ3) is 6.05. The fraction of sp³-hybridized carbons (Fsp3) is 0.615. The van der Waals surface area contributed by atoms with Crippen molar-refractivity contribution < 1.29 is 34.1 Å². The van der Waals surface area contributed by atoms with Crippen LogP contribution in [0.1, 0.15) is 45.1 Å². The van der Waals surface area contributed by atoms with Crippen molar-refractivity contribution >= 4 is 23.9 Å². The van der Waals surface area contributed by atoms with Crippen molar-refractivity contribution in [2.45, 2.75) is 87.5 Å². The highest BCUT2D eigenvalue weighted by atomic mass is 16.5. The van der Waals surface area contributed by atoms with Crippen molar-refractivity contribution in [2.24, 2.45) is 11.5 Å². The van der Waals surface area contributed by atoms with Gasteiger partial charge in [0.1, 0.15) is 17.3 Å². The molecule has 12 nitrogen and oxygen atoms in total. The molecule has 2 aliphatic heterocycles. The van der Waals surface area contributed by atoms with Crippen LogP contribution in [0.5, 0.6) is 5.75 Å². The van der Waals surface area contributed by atoms with E-state index in [0.717, 1.165) is 5.56 Å². The third-order valence-corrected chi connectivity index (χ3v) is 7.64. The number of nitrogens with two attached hydrogens (primary N) is 2. The number of nitrogens with zero attached hydrogens (tertiary/aromatic N) is 1. The lowest BCUT2D eigenvalue weighted by molar-refractivity contribution is -0.141. The number of carbonyl (C=O) groups excluding carboxylic acids is 4. The van der Waals surface area contributed by atoms with Gasteiger partial charge in [-0.3, -0.25) is 24.5 Å². The van der Waals surface area contributed by atoms with Gasteiger partial charge in [-0.2, -0.15) is 0 Å². The molecule has 7 atom stereocenters. The maximum Gasteiger partial charge on any atom is 0.242 e. The highest BCUT2D eigenvalue weighted by molar-refractivity contribution is 5.97. The van der Waals surface area contributed by atoms with Gasteiger partial charge in [-0.15, -0.1) is 0 Å². The standard InChI is InChI=1S/C26H39N5O7/c1-15(33)21(27)23(36)31-12-4-5-20(31)22(35)19-10-11-25(29-19,13-17-6-8-18(38-3)9-7-17)24(37)30-26(28,14-32)16(2)34/h6-9,14-16,19-21,29,33-34H,4-5,10-13,27-28H2,1-3H3,(H,30,37)/t15-,16-,19?,20?,21+,25+,26-/m1/s1. The minimum atomic E-state index is -2.01. The van der Waals surface area contributed by atoms with Crippen LogP contribution in [0.25, 0.3) is 0 Å². The number of aliphatic hydroxyl groups is 2. The van der Waals surface area contributed by atoms with Gasteiger partial charge in [0.05, 0.1) is 31.4 Å². The van der Waals surface area contributed by atoms with Crippen LogP contribution in [-0.4, -0.2) is 94.2 Å². The largest absolute Gasteiger partial charge is 0.497 e. The number of hydrogen-bond acceptors (Lipinski definition) is 10.